The van der Waals surface area contributed by atoms with Gasteiger partial charge in [-0.1, -0.05) is 0 Å². The Morgan fingerprint density at radius 1 is 1.02 bits per heavy atom. The summed E-state index contributed by atoms with van der Waals surface area (Å²) >= 11 is 0. The van der Waals surface area contributed by atoms with Crippen molar-refractivity contribution in [3.05, 3.63) is 54.7 Å². The van der Waals surface area contributed by atoms with Crippen molar-refractivity contribution in [3.63, 3.8) is 0 Å². The summed E-state index contributed by atoms with van der Waals surface area (Å²) < 4.78 is 26.6. The molecule has 2 amide bonds. The van der Waals surface area contributed by atoms with Crippen LogP contribution in [0, 0.1) is 0 Å². The Kier molecular flexibility index (Phi) is 8.15. The van der Waals surface area contributed by atoms with E-state index in [1.165, 1.54) is 0 Å². The molecule has 0 spiro atoms. The summed E-state index contributed by atoms with van der Waals surface area (Å²) in [6.45, 7) is 2.50. The topological polar surface area (TPSA) is 110 Å². The van der Waals surface area contributed by atoms with Crippen molar-refractivity contribution in [2.75, 3.05) is 62.5 Å². The molecule has 2 aromatic heterocycles. The second-order valence-electron chi connectivity index (χ2n) is 10.9. The molecule has 0 aliphatic carbocycles. The molecule has 2 atom stereocenters. The molecule has 2 fully saturated rings. The van der Waals surface area contributed by atoms with Crippen LogP contribution < -0.4 is 20.3 Å². The number of hydrogen-bond acceptors (Lipinski definition) is 8. The number of nitrogens with zero attached hydrogens (tertiary/aromatic N) is 6. The van der Waals surface area contributed by atoms with Gasteiger partial charge < -0.3 is 29.9 Å². The molecule has 12 heteroatoms. The van der Waals surface area contributed by atoms with Gasteiger partial charge in [0.05, 0.1) is 30.3 Å². The van der Waals surface area contributed by atoms with E-state index < -0.39 is 6.67 Å². The Labute approximate surface area is 243 Å². The molecule has 2 bridgehead atoms. The minimum atomic E-state index is -0.537. The fourth-order valence-corrected chi connectivity index (χ4v) is 5.32. The number of alkyl halides is 1. The quantitative estimate of drug-likeness (QED) is 0.287. The largest absolute Gasteiger partial charge is 0.492 e. The fourth-order valence-electron chi connectivity index (χ4n) is 5.32. The number of likely N-dealkylation sites (N-methyl/N-ethyl adjacent to an activating group) is 1. The highest BCUT2D eigenvalue weighted by Crippen LogP contribution is 2.34. The Balaban J connectivity index is 1.15. The third kappa shape index (κ3) is 6.29. The Bertz CT molecular complexity index is 1510. The zero-order chi connectivity index (χ0) is 29.1. The number of halogens is 1. The molecule has 42 heavy (non-hydrogen) atoms. The number of carbonyl (C=O) groups excluding carboxylic acids is 1. The molecule has 0 saturated carbocycles. The molecule has 4 aromatic rings. The minimum absolute atomic E-state index is 0.123. The summed E-state index contributed by atoms with van der Waals surface area (Å²) in [6, 6.07) is 14.2. The highest BCUT2D eigenvalue weighted by Gasteiger charge is 2.35. The predicted octanol–water partition coefficient (Wildman–Crippen LogP) is 4.41. The number of rotatable bonds is 10. The average molecular weight is 575 g/mol. The molecule has 0 radical (unpaired) electrons. The second kappa shape index (κ2) is 12.3. The average Bonchev–Trinajstić information content (AvgIpc) is 3.55. The Morgan fingerprint density at radius 2 is 1.69 bits per heavy atom. The van der Waals surface area contributed by atoms with E-state index in [0.29, 0.717) is 29.5 Å². The van der Waals surface area contributed by atoms with Crippen LogP contribution in [0.1, 0.15) is 12.8 Å². The Hall–Kier alpha value is -4.29. The number of urea groups is 1. The number of morpholine rings is 1. The van der Waals surface area contributed by atoms with Crippen molar-refractivity contribution in [1.82, 2.24) is 24.6 Å². The van der Waals surface area contributed by atoms with E-state index >= 15 is 0 Å². The van der Waals surface area contributed by atoms with Crippen molar-refractivity contribution >= 4 is 34.3 Å². The summed E-state index contributed by atoms with van der Waals surface area (Å²) in [6.07, 6.45) is 4.19. The lowest BCUT2D eigenvalue weighted by molar-refractivity contribution is 0.0303. The van der Waals surface area contributed by atoms with Crippen molar-refractivity contribution < 1.29 is 18.7 Å². The van der Waals surface area contributed by atoms with Crippen LogP contribution in [0.15, 0.2) is 54.7 Å². The van der Waals surface area contributed by atoms with Crippen molar-refractivity contribution in [2.24, 2.45) is 0 Å². The van der Waals surface area contributed by atoms with E-state index in [1.54, 1.807) is 35.1 Å². The summed E-state index contributed by atoms with van der Waals surface area (Å²) in [5, 5.41) is 10.9. The minimum Gasteiger partial charge on any atom is -0.492 e. The number of carbonyl (C=O) groups is 1. The van der Waals surface area contributed by atoms with E-state index in [1.807, 2.05) is 38.4 Å². The molecular weight excluding hydrogens is 539 g/mol. The van der Waals surface area contributed by atoms with E-state index in [-0.39, 0.29) is 24.8 Å². The van der Waals surface area contributed by atoms with Crippen molar-refractivity contribution in [3.8, 4) is 17.1 Å². The summed E-state index contributed by atoms with van der Waals surface area (Å²) in [4.78, 5) is 26.6. The highest BCUT2D eigenvalue weighted by molar-refractivity contribution is 6.00. The number of hydrogen-bond donors (Lipinski definition) is 2. The fraction of sp³-hybridized carbons (Fsp3) is 0.400. The van der Waals surface area contributed by atoms with Crippen LogP contribution in [0.4, 0.5) is 26.4 Å². The van der Waals surface area contributed by atoms with E-state index in [9.17, 15) is 9.18 Å². The molecule has 2 saturated heterocycles. The Morgan fingerprint density at radius 3 is 2.33 bits per heavy atom. The molecular formula is C30H35FN8O3. The van der Waals surface area contributed by atoms with Gasteiger partial charge in [0.15, 0.2) is 11.5 Å². The molecule has 6 rings (SSSR count). The van der Waals surface area contributed by atoms with Gasteiger partial charge >= 0.3 is 6.03 Å². The molecule has 11 nitrogen and oxygen atoms in total. The van der Waals surface area contributed by atoms with Crippen LogP contribution in [-0.4, -0.2) is 89.9 Å². The number of anilines is 3. The normalized spacial score (nSPS) is 18.0. The summed E-state index contributed by atoms with van der Waals surface area (Å²) in [7, 11) is 3.99. The van der Waals surface area contributed by atoms with Crippen LogP contribution in [0.2, 0.25) is 0 Å². The molecule has 2 aliphatic rings. The number of aryl methyl sites for hydroxylation is 1. The lowest BCUT2D eigenvalue weighted by Crippen LogP contribution is -2.43. The van der Waals surface area contributed by atoms with Crippen LogP contribution in [0.5, 0.6) is 5.75 Å². The van der Waals surface area contributed by atoms with Gasteiger partial charge in [0.25, 0.3) is 0 Å². The van der Waals surface area contributed by atoms with E-state index in [0.717, 1.165) is 55.0 Å². The van der Waals surface area contributed by atoms with Crippen molar-refractivity contribution in [2.45, 2.75) is 31.6 Å². The van der Waals surface area contributed by atoms with Gasteiger partial charge in [-0.25, -0.2) is 23.8 Å². The van der Waals surface area contributed by atoms with Crippen LogP contribution in [0.25, 0.3) is 22.4 Å². The molecule has 2 aromatic carbocycles. The van der Waals surface area contributed by atoms with Crippen molar-refractivity contribution in [1.29, 1.82) is 0 Å². The van der Waals surface area contributed by atoms with Gasteiger partial charge in [0, 0.05) is 36.6 Å². The van der Waals surface area contributed by atoms with Crippen LogP contribution >= 0.6 is 0 Å². The van der Waals surface area contributed by atoms with Crippen LogP contribution in [0.3, 0.4) is 0 Å². The lowest BCUT2D eigenvalue weighted by Gasteiger charge is -2.33. The van der Waals surface area contributed by atoms with Gasteiger partial charge in [0.2, 0.25) is 0 Å². The first-order valence-corrected chi connectivity index (χ1v) is 14.2. The lowest BCUT2D eigenvalue weighted by atomic mass is 10.2. The molecule has 2 aliphatic heterocycles. The number of ether oxygens (including phenoxy) is 2. The predicted molar refractivity (Wildman–Crippen MR) is 160 cm³/mol. The first kappa shape index (κ1) is 27.9. The summed E-state index contributed by atoms with van der Waals surface area (Å²) in [5.74, 6) is 2.05. The number of nitrogens with one attached hydrogen (secondary N) is 2. The summed E-state index contributed by atoms with van der Waals surface area (Å²) in [5.41, 5.74) is 2.65. The number of amides is 2. The molecule has 2 N–H and O–H groups in total. The number of benzene rings is 2. The van der Waals surface area contributed by atoms with E-state index in [2.05, 4.69) is 25.5 Å². The van der Waals surface area contributed by atoms with Gasteiger partial charge in [-0.2, -0.15) is 5.10 Å². The molecule has 220 valence electrons. The number of fused-ring (bicyclic) bond motifs is 3. The highest BCUT2D eigenvalue weighted by atomic mass is 19.1. The first-order valence-electron chi connectivity index (χ1n) is 14.2. The zero-order valence-electron chi connectivity index (χ0n) is 23.8. The third-order valence-electron chi connectivity index (χ3n) is 7.44. The SMILES string of the molecule is CN(C)CCOc1ccc(NC(=O)Nc2ccc(-c3nc(N4CC5CCC(C4)O5)c4cnn(CCF)c4n3)cc2)cc1. The van der Waals surface area contributed by atoms with Gasteiger partial charge in [0.1, 0.15) is 24.8 Å². The van der Waals surface area contributed by atoms with Crippen LogP contribution in [-0.2, 0) is 11.3 Å². The van der Waals surface area contributed by atoms with E-state index in [4.69, 9.17) is 19.4 Å². The maximum Gasteiger partial charge on any atom is 0.323 e. The van der Waals surface area contributed by atoms with Gasteiger partial charge in [-0.3, -0.25) is 0 Å². The number of aromatic nitrogens is 4. The third-order valence-corrected chi connectivity index (χ3v) is 7.44. The first-order chi connectivity index (χ1) is 20.4. The maximum atomic E-state index is 13.3. The molecule has 2 unspecified atom stereocenters. The smallest absolute Gasteiger partial charge is 0.323 e. The monoisotopic (exact) mass is 574 g/mol. The zero-order valence-corrected chi connectivity index (χ0v) is 23.8. The second-order valence-corrected chi connectivity index (χ2v) is 10.9. The van der Waals surface area contributed by atoms with Gasteiger partial charge in [-0.15, -0.1) is 0 Å². The van der Waals surface area contributed by atoms with Gasteiger partial charge in [-0.05, 0) is 75.5 Å². The standard InChI is InChI=1S/C30H35FN8O3/c1-37(2)15-16-41-23-9-7-22(8-10-23)34-30(40)33-21-5-3-20(4-6-21)27-35-28(38-18-24-11-12-25(19-38)42-24)26-17-32-39(14-13-31)29(26)36-27/h3-10,17,24-25H,11-16,18-19H2,1-2H3,(H2,33,34,40). The maximum absolute atomic E-state index is 13.3. The molecule has 4 heterocycles.